The first-order chi connectivity index (χ1) is 18.8. The number of ether oxygens (including phenoxy) is 1. The van der Waals surface area contributed by atoms with Gasteiger partial charge in [-0.15, -0.1) is 0 Å². The zero-order valence-electron chi connectivity index (χ0n) is 22.7. The lowest BCUT2D eigenvalue weighted by Gasteiger charge is -2.30. The summed E-state index contributed by atoms with van der Waals surface area (Å²) in [5, 5.41) is 27.0. The summed E-state index contributed by atoms with van der Waals surface area (Å²) in [4.78, 5) is 38.9. The molecule has 2 unspecified atom stereocenters. The van der Waals surface area contributed by atoms with Gasteiger partial charge in [-0.05, 0) is 62.3 Å². The van der Waals surface area contributed by atoms with E-state index in [1.54, 1.807) is 12.1 Å². The van der Waals surface area contributed by atoms with Crippen LogP contribution in [-0.2, 0) is 20.8 Å². The van der Waals surface area contributed by atoms with Gasteiger partial charge in [-0.3, -0.25) is 14.4 Å². The molecule has 10 heteroatoms. The minimum atomic E-state index is -1.05. The highest BCUT2D eigenvalue weighted by Crippen LogP contribution is 2.33. The molecule has 2 aliphatic rings. The summed E-state index contributed by atoms with van der Waals surface area (Å²) in [6, 6.07) is 13.4. The van der Waals surface area contributed by atoms with E-state index >= 15 is 0 Å². The summed E-state index contributed by atoms with van der Waals surface area (Å²) in [5.74, 6) is 0.221. The molecule has 1 heterocycles. The number of carbonyl (C=O) groups excluding carboxylic acids is 3. The van der Waals surface area contributed by atoms with E-state index in [1.165, 1.54) is 17.5 Å². The molecule has 1 fully saturated rings. The molecule has 1 saturated carbocycles. The fourth-order valence-corrected chi connectivity index (χ4v) is 4.27. The molecule has 1 aliphatic carbocycles. The number of para-hydroxylation sites is 1. The molecule has 39 heavy (non-hydrogen) atoms. The molecule has 2 aromatic rings. The van der Waals surface area contributed by atoms with Gasteiger partial charge < -0.3 is 35.8 Å². The van der Waals surface area contributed by atoms with Gasteiger partial charge in [0.2, 0.25) is 17.7 Å². The standard InChI is InChI=1S/C22H32N4O5.C7H8O/c1-26-17(14-27)21(29)25-13-19(28)23-10-4-6-15-5-2-3-7-18(15)31-12-11-24-20(22(26)30)16-8-9-16;1-6-2-4-7(8)5-3-6/h2-3,5,7,16-17,20,24,27H,4,6,8-14H2,1H3,(H,23,28)(H,25,29);2-5,8H,1H3. The Morgan fingerprint density at radius 2 is 1.72 bits per heavy atom. The van der Waals surface area contributed by atoms with E-state index in [1.807, 2.05) is 43.3 Å². The first-order valence-corrected chi connectivity index (χ1v) is 13.4. The van der Waals surface area contributed by atoms with Crippen molar-refractivity contribution in [3.8, 4) is 11.5 Å². The molecule has 4 rings (SSSR count). The van der Waals surface area contributed by atoms with Crippen LogP contribution in [0.2, 0.25) is 0 Å². The monoisotopic (exact) mass is 540 g/mol. The molecule has 212 valence electrons. The Morgan fingerprint density at radius 1 is 1.00 bits per heavy atom. The minimum Gasteiger partial charge on any atom is -0.508 e. The summed E-state index contributed by atoms with van der Waals surface area (Å²) in [6.45, 7) is 2.61. The molecule has 0 spiro atoms. The van der Waals surface area contributed by atoms with Crippen molar-refractivity contribution in [3.05, 3.63) is 59.7 Å². The van der Waals surface area contributed by atoms with Crippen molar-refractivity contribution < 1.29 is 29.3 Å². The van der Waals surface area contributed by atoms with Crippen molar-refractivity contribution in [1.82, 2.24) is 20.9 Å². The molecule has 0 radical (unpaired) electrons. The maximum atomic E-state index is 13.0. The quantitative estimate of drug-likeness (QED) is 0.385. The number of rotatable bonds is 2. The second kappa shape index (κ2) is 15.1. The van der Waals surface area contributed by atoms with Crippen LogP contribution in [-0.4, -0.2) is 84.8 Å². The van der Waals surface area contributed by atoms with E-state index in [-0.39, 0.29) is 24.3 Å². The summed E-state index contributed by atoms with van der Waals surface area (Å²) in [6.07, 6.45) is 3.36. The highest BCUT2D eigenvalue weighted by molar-refractivity contribution is 5.92. The van der Waals surface area contributed by atoms with Gasteiger partial charge in [0.05, 0.1) is 19.2 Å². The van der Waals surface area contributed by atoms with Crippen molar-refractivity contribution >= 4 is 17.7 Å². The zero-order valence-corrected chi connectivity index (χ0v) is 22.7. The fraction of sp³-hybridized carbons (Fsp3) is 0.483. The molecule has 0 aromatic heterocycles. The van der Waals surface area contributed by atoms with Gasteiger partial charge in [0.1, 0.15) is 24.1 Å². The molecule has 3 amide bonds. The van der Waals surface area contributed by atoms with E-state index in [0.717, 1.165) is 37.0 Å². The molecule has 0 bridgehead atoms. The van der Waals surface area contributed by atoms with Crippen LogP contribution in [0, 0.1) is 12.8 Å². The number of phenolic OH excluding ortho intramolecular Hbond substituents is 1. The normalized spacial score (nSPS) is 21.6. The maximum absolute atomic E-state index is 13.0. The average molecular weight is 541 g/mol. The van der Waals surface area contributed by atoms with Gasteiger partial charge in [-0.2, -0.15) is 0 Å². The van der Waals surface area contributed by atoms with Crippen LogP contribution < -0.4 is 20.7 Å². The van der Waals surface area contributed by atoms with Gasteiger partial charge in [-0.1, -0.05) is 35.9 Å². The second-order valence-electron chi connectivity index (χ2n) is 9.88. The molecule has 5 N–H and O–H groups in total. The molecule has 10 nitrogen and oxygen atoms in total. The lowest BCUT2D eigenvalue weighted by molar-refractivity contribution is -0.142. The summed E-state index contributed by atoms with van der Waals surface area (Å²) >= 11 is 0. The highest BCUT2D eigenvalue weighted by Gasteiger charge is 2.39. The minimum absolute atomic E-state index is 0.207. The fourth-order valence-electron chi connectivity index (χ4n) is 4.27. The van der Waals surface area contributed by atoms with Crippen molar-refractivity contribution in [2.75, 3.05) is 39.9 Å². The third-order valence-corrected chi connectivity index (χ3v) is 6.75. The average Bonchev–Trinajstić information content (AvgIpc) is 3.77. The predicted molar refractivity (Wildman–Crippen MR) is 147 cm³/mol. The molecule has 1 aliphatic heterocycles. The number of likely N-dealkylation sites (N-methyl/N-ethyl adjacent to an activating group) is 1. The van der Waals surface area contributed by atoms with Crippen molar-refractivity contribution in [3.63, 3.8) is 0 Å². The van der Waals surface area contributed by atoms with E-state index in [2.05, 4.69) is 16.0 Å². The Balaban J connectivity index is 0.000000449. The van der Waals surface area contributed by atoms with Crippen LogP contribution in [0.5, 0.6) is 11.5 Å². The van der Waals surface area contributed by atoms with Crippen molar-refractivity contribution in [1.29, 1.82) is 0 Å². The Bertz CT molecular complexity index is 1070. The van der Waals surface area contributed by atoms with Gasteiger partial charge in [0.15, 0.2) is 0 Å². The van der Waals surface area contributed by atoms with Crippen LogP contribution in [0.15, 0.2) is 48.5 Å². The van der Waals surface area contributed by atoms with Crippen LogP contribution in [0.25, 0.3) is 0 Å². The highest BCUT2D eigenvalue weighted by atomic mass is 16.5. The first-order valence-electron chi connectivity index (χ1n) is 13.4. The first kappa shape index (κ1) is 29.9. The Kier molecular flexibility index (Phi) is 11.6. The van der Waals surface area contributed by atoms with Crippen LogP contribution in [0.4, 0.5) is 0 Å². The lowest BCUT2D eigenvalue weighted by Crippen LogP contribution is -2.56. The van der Waals surface area contributed by atoms with Crippen LogP contribution >= 0.6 is 0 Å². The summed E-state index contributed by atoms with van der Waals surface area (Å²) < 4.78 is 5.95. The number of carbonyl (C=O) groups is 3. The second-order valence-corrected chi connectivity index (χ2v) is 9.88. The number of aliphatic hydroxyl groups excluding tert-OH is 1. The molecule has 0 saturated heterocycles. The van der Waals surface area contributed by atoms with Crippen LogP contribution in [0.3, 0.4) is 0 Å². The predicted octanol–water partition coefficient (Wildman–Crippen LogP) is 1.13. The molecule has 2 aromatic carbocycles. The van der Waals surface area contributed by atoms with Gasteiger partial charge in [0.25, 0.3) is 0 Å². The van der Waals surface area contributed by atoms with E-state index < -0.39 is 24.6 Å². The number of aromatic hydroxyl groups is 1. The van der Waals surface area contributed by atoms with E-state index in [0.29, 0.717) is 25.4 Å². The largest absolute Gasteiger partial charge is 0.508 e. The number of nitrogens with zero attached hydrogens (tertiary/aromatic N) is 1. The Morgan fingerprint density at radius 3 is 2.38 bits per heavy atom. The summed E-state index contributed by atoms with van der Waals surface area (Å²) in [7, 11) is 1.50. The number of nitrogens with one attached hydrogen (secondary N) is 3. The van der Waals surface area contributed by atoms with Gasteiger partial charge in [0, 0.05) is 20.1 Å². The van der Waals surface area contributed by atoms with Gasteiger partial charge >= 0.3 is 0 Å². The number of hydrogen-bond donors (Lipinski definition) is 5. The third-order valence-electron chi connectivity index (χ3n) is 6.75. The number of amides is 3. The SMILES string of the molecule is CN1C(=O)C(C2CC2)NCCOc2ccccc2CCCNC(=O)CNC(=O)C1CO.Cc1ccc(O)cc1. The Hall–Kier alpha value is -3.63. The maximum Gasteiger partial charge on any atom is 0.245 e. The van der Waals surface area contributed by atoms with Gasteiger partial charge in [-0.25, -0.2) is 0 Å². The number of aryl methyl sites for hydroxylation is 2. The number of fused-ring (bicyclic) bond motifs is 1. The summed E-state index contributed by atoms with van der Waals surface area (Å²) in [5.41, 5.74) is 2.23. The van der Waals surface area contributed by atoms with Crippen LogP contribution in [0.1, 0.15) is 30.4 Å². The number of benzene rings is 2. The van der Waals surface area contributed by atoms with E-state index in [9.17, 15) is 19.5 Å². The number of hydrogen-bond acceptors (Lipinski definition) is 7. The number of phenols is 1. The molecular weight excluding hydrogens is 500 g/mol. The molecular formula is C29H40N4O6. The zero-order chi connectivity index (χ0) is 28.2. The topological polar surface area (TPSA) is 140 Å². The molecule has 2 atom stereocenters. The third kappa shape index (κ3) is 9.56. The smallest absolute Gasteiger partial charge is 0.245 e. The van der Waals surface area contributed by atoms with Crippen molar-refractivity contribution in [2.24, 2.45) is 5.92 Å². The lowest BCUT2D eigenvalue weighted by atomic mass is 10.1. The van der Waals surface area contributed by atoms with E-state index in [4.69, 9.17) is 9.84 Å². The van der Waals surface area contributed by atoms with Crippen molar-refractivity contribution in [2.45, 2.75) is 44.7 Å². The number of aliphatic hydroxyl groups is 1. The Labute approximate surface area is 229 Å².